The summed E-state index contributed by atoms with van der Waals surface area (Å²) >= 11 is 0. The van der Waals surface area contributed by atoms with Gasteiger partial charge >= 0.3 is 11.8 Å². The van der Waals surface area contributed by atoms with Gasteiger partial charge in [0.25, 0.3) is 0 Å². The molecule has 24 heavy (non-hydrogen) atoms. The minimum absolute atomic E-state index is 0.0239. The number of anilines is 1. The highest BCUT2D eigenvalue weighted by atomic mass is 16.3. The molecular weight excluding hydrogens is 304 g/mol. The van der Waals surface area contributed by atoms with Gasteiger partial charge < -0.3 is 15.7 Å². The van der Waals surface area contributed by atoms with Gasteiger partial charge in [-0.2, -0.15) is 0 Å². The fraction of sp³-hybridized carbons (Fsp3) is 0.263. The number of hydrogen-bond acceptors (Lipinski definition) is 3. The average molecular weight is 326 g/mol. The van der Waals surface area contributed by atoms with Gasteiger partial charge in [-0.1, -0.05) is 30.3 Å². The summed E-state index contributed by atoms with van der Waals surface area (Å²) in [6.45, 7) is 5.69. The first-order chi connectivity index (χ1) is 11.4. The van der Waals surface area contributed by atoms with Crippen molar-refractivity contribution in [1.29, 1.82) is 0 Å². The van der Waals surface area contributed by atoms with Gasteiger partial charge in [0.1, 0.15) is 0 Å². The van der Waals surface area contributed by atoms with E-state index in [0.717, 1.165) is 22.3 Å². The zero-order valence-corrected chi connectivity index (χ0v) is 14.1. The molecule has 0 aromatic heterocycles. The third kappa shape index (κ3) is 4.67. The van der Waals surface area contributed by atoms with Crippen LogP contribution in [0.5, 0.6) is 0 Å². The highest BCUT2D eigenvalue weighted by Crippen LogP contribution is 2.16. The van der Waals surface area contributed by atoms with Crippen molar-refractivity contribution < 1.29 is 14.7 Å². The smallest absolute Gasteiger partial charge is 0.313 e. The number of amides is 2. The van der Waals surface area contributed by atoms with E-state index >= 15 is 0 Å². The minimum atomic E-state index is -0.857. The Morgan fingerprint density at radius 2 is 1.62 bits per heavy atom. The Kier molecular flexibility index (Phi) is 5.71. The summed E-state index contributed by atoms with van der Waals surface area (Å²) < 4.78 is 0. The van der Waals surface area contributed by atoms with Gasteiger partial charge in [-0.15, -0.1) is 0 Å². The number of benzene rings is 2. The van der Waals surface area contributed by atoms with Gasteiger partial charge in [0.15, 0.2) is 0 Å². The van der Waals surface area contributed by atoms with E-state index in [1.807, 2.05) is 45.0 Å². The maximum atomic E-state index is 11.9. The standard InChI is InChI=1S/C19H22N2O3/c1-12-8-13(2)10-15(9-12)21-19(24)18(23)20-11-17(22)16-7-5-4-6-14(16)3/h4-10,17,22H,11H2,1-3H3,(H,20,23)(H,21,24)/t17-/m0/s1. The molecule has 0 heterocycles. The molecule has 0 aliphatic heterocycles. The summed E-state index contributed by atoms with van der Waals surface area (Å²) in [5.74, 6) is -1.53. The van der Waals surface area contributed by atoms with Crippen LogP contribution in [0.1, 0.15) is 28.4 Å². The Hall–Kier alpha value is -2.66. The molecule has 0 radical (unpaired) electrons. The highest BCUT2D eigenvalue weighted by molar-refractivity contribution is 6.39. The normalized spacial score (nSPS) is 11.7. The van der Waals surface area contributed by atoms with E-state index in [9.17, 15) is 14.7 Å². The van der Waals surface area contributed by atoms with Gasteiger partial charge in [0.2, 0.25) is 0 Å². The van der Waals surface area contributed by atoms with Crippen LogP contribution in [0.3, 0.4) is 0 Å². The van der Waals surface area contributed by atoms with Crippen molar-refractivity contribution in [2.45, 2.75) is 26.9 Å². The molecule has 0 aliphatic rings. The van der Waals surface area contributed by atoms with Crippen molar-refractivity contribution in [2.24, 2.45) is 0 Å². The fourth-order valence-corrected chi connectivity index (χ4v) is 2.57. The molecule has 3 N–H and O–H groups in total. The summed E-state index contributed by atoms with van der Waals surface area (Å²) in [4.78, 5) is 23.8. The third-order valence-corrected chi connectivity index (χ3v) is 3.69. The molecule has 0 saturated heterocycles. The van der Waals surface area contributed by atoms with E-state index in [1.54, 1.807) is 18.2 Å². The number of rotatable bonds is 4. The van der Waals surface area contributed by atoms with Gasteiger partial charge in [0, 0.05) is 12.2 Å². The van der Waals surface area contributed by atoms with Gasteiger partial charge in [0.05, 0.1) is 6.10 Å². The van der Waals surface area contributed by atoms with E-state index in [4.69, 9.17) is 0 Å². The lowest BCUT2D eigenvalue weighted by Gasteiger charge is -2.14. The second kappa shape index (κ2) is 7.75. The van der Waals surface area contributed by atoms with Crippen molar-refractivity contribution >= 4 is 17.5 Å². The molecule has 2 rings (SSSR count). The molecular formula is C19H22N2O3. The number of nitrogens with one attached hydrogen (secondary N) is 2. The Morgan fingerprint density at radius 3 is 2.25 bits per heavy atom. The first kappa shape index (κ1) is 17.7. The number of hydrogen-bond donors (Lipinski definition) is 3. The zero-order chi connectivity index (χ0) is 17.7. The van der Waals surface area contributed by atoms with Crippen LogP contribution in [0.15, 0.2) is 42.5 Å². The highest BCUT2D eigenvalue weighted by Gasteiger charge is 2.17. The molecule has 0 fully saturated rings. The molecule has 2 aromatic rings. The fourth-order valence-electron chi connectivity index (χ4n) is 2.57. The molecule has 126 valence electrons. The Labute approximate surface area is 141 Å². The Bertz CT molecular complexity index is 736. The summed E-state index contributed by atoms with van der Waals surface area (Å²) in [6.07, 6.45) is -0.857. The average Bonchev–Trinajstić information content (AvgIpc) is 2.51. The van der Waals surface area contributed by atoms with Crippen LogP contribution < -0.4 is 10.6 Å². The van der Waals surface area contributed by atoms with Gasteiger partial charge in [-0.25, -0.2) is 0 Å². The molecule has 5 nitrogen and oxygen atoms in total. The molecule has 0 unspecified atom stereocenters. The van der Waals surface area contributed by atoms with E-state index in [2.05, 4.69) is 10.6 Å². The number of aliphatic hydroxyl groups excluding tert-OH is 1. The van der Waals surface area contributed by atoms with Crippen LogP contribution in [0.4, 0.5) is 5.69 Å². The number of carbonyl (C=O) groups excluding carboxylic acids is 2. The number of aryl methyl sites for hydroxylation is 3. The molecule has 0 spiro atoms. The monoisotopic (exact) mass is 326 g/mol. The summed E-state index contributed by atoms with van der Waals surface area (Å²) in [5.41, 5.74) is 4.24. The molecule has 0 bridgehead atoms. The maximum absolute atomic E-state index is 11.9. The lowest BCUT2D eigenvalue weighted by molar-refractivity contribution is -0.136. The predicted octanol–water partition coefficient (Wildman–Crippen LogP) is 2.40. The van der Waals surface area contributed by atoms with E-state index in [-0.39, 0.29) is 6.54 Å². The second-order valence-electron chi connectivity index (χ2n) is 5.91. The predicted molar refractivity (Wildman–Crippen MR) is 93.7 cm³/mol. The lowest BCUT2D eigenvalue weighted by Crippen LogP contribution is -2.37. The van der Waals surface area contributed by atoms with E-state index in [0.29, 0.717) is 5.69 Å². The van der Waals surface area contributed by atoms with E-state index < -0.39 is 17.9 Å². The Morgan fingerprint density at radius 1 is 1.00 bits per heavy atom. The zero-order valence-electron chi connectivity index (χ0n) is 14.1. The quantitative estimate of drug-likeness (QED) is 0.755. The summed E-state index contributed by atoms with van der Waals surface area (Å²) in [7, 11) is 0. The van der Waals surface area contributed by atoms with E-state index in [1.165, 1.54) is 0 Å². The molecule has 1 atom stereocenters. The maximum Gasteiger partial charge on any atom is 0.313 e. The topological polar surface area (TPSA) is 78.4 Å². The van der Waals surface area contributed by atoms with Crippen LogP contribution in [0.25, 0.3) is 0 Å². The van der Waals surface area contributed by atoms with Crippen molar-refractivity contribution in [3.8, 4) is 0 Å². The summed E-state index contributed by atoms with van der Waals surface area (Å²) in [6, 6.07) is 12.9. The lowest BCUT2D eigenvalue weighted by atomic mass is 10.0. The van der Waals surface area contributed by atoms with Gasteiger partial charge in [-0.3, -0.25) is 9.59 Å². The van der Waals surface area contributed by atoms with Crippen molar-refractivity contribution in [2.75, 3.05) is 11.9 Å². The van der Waals surface area contributed by atoms with Crippen LogP contribution in [0.2, 0.25) is 0 Å². The van der Waals surface area contributed by atoms with Crippen LogP contribution >= 0.6 is 0 Å². The van der Waals surface area contributed by atoms with Gasteiger partial charge in [-0.05, 0) is 55.2 Å². The van der Waals surface area contributed by atoms with Crippen LogP contribution in [-0.4, -0.2) is 23.5 Å². The first-order valence-corrected chi connectivity index (χ1v) is 7.78. The molecule has 2 amide bonds. The molecule has 0 aliphatic carbocycles. The Balaban J connectivity index is 1.92. The van der Waals surface area contributed by atoms with Crippen molar-refractivity contribution in [3.63, 3.8) is 0 Å². The largest absolute Gasteiger partial charge is 0.387 e. The minimum Gasteiger partial charge on any atom is -0.387 e. The number of aliphatic hydroxyl groups is 1. The molecule has 0 saturated carbocycles. The molecule has 5 heteroatoms. The summed E-state index contributed by atoms with van der Waals surface area (Å²) in [5, 5.41) is 15.2. The third-order valence-electron chi connectivity index (χ3n) is 3.69. The SMILES string of the molecule is Cc1cc(C)cc(NC(=O)C(=O)NC[C@H](O)c2ccccc2C)c1. The van der Waals surface area contributed by atoms with Crippen LogP contribution in [-0.2, 0) is 9.59 Å². The number of carbonyl (C=O) groups is 2. The van der Waals surface area contributed by atoms with Crippen molar-refractivity contribution in [1.82, 2.24) is 5.32 Å². The van der Waals surface area contributed by atoms with Crippen LogP contribution in [0, 0.1) is 20.8 Å². The molecule has 2 aromatic carbocycles. The first-order valence-electron chi connectivity index (χ1n) is 7.78. The van der Waals surface area contributed by atoms with Crippen molar-refractivity contribution in [3.05, 3.63) is 64.7 Å². The second-order valence-corrected chi connectivity index (χ2v) is 5.91.